The summed E-state index contributed by atoms with van der Waals surface area (Å²) in [6, 6.07) is 0. The number of hydrogen-bond donors (Lipinski definition) is 2. The lowest BCUT2D eigenvalue weighted by atomic mass is 10.1. The molecule has 2 rings (SSSR count). The van der Waals surface area contributed by atoms with Gasteiger partial charge in [-0.15, -0.1) is 12.4 Å². The Balaban J connectivity index is 0.000000980. The first kappa shape index (κ1) is 10.9. The molecule has 1 aromatic heterocycles. The van der Waals surface area contributed by atoms with Crippen LogP contribution in [-0.4, -0.2) is 15.8 Å². The number of aromatic nitrogens is 2. The van der Waals surface area contributed by atoms with E-state index in [2.05, 4.69) is 16.9 Å². The lowest BCUT2D eigenvalue weighted by Gasteiger charge is -2.06. The predicted molar refractivity (Wildman–Crippen MR) is 56.9 cm³/mol. The molecule has 0 saturated heterocycles. The Morgan fingerprint density at radius 1 is 1.43 bits per heavy atom. The SMILES string of the molecule is CC1(c2cnc(C(=N)N)cn2)CC1.Cl. The molecule has 0 bridgehead atoms. The summed E-state index contributed by atoms with van der Waals surface area (Å²) in [6.45, 7) is 2.17. The Hall–Kier alpha value is -1.16. The Bertz CT molecular complexity index is 342. The minimum atomic E-state index is -0.0278. The van der Waals surface area contributed by atoms with Crippen molar-refractivity contribution in [3.8, 4) is 0 Å². The van der Waals surface area contributed by atoms with Crippen LogP contribution >= 0.6 is 12.4 Å². The molecule has 0 amide bonds. The second-order valence-electron chi connectivity index (χ2n) is 3.76. The van der Waals surface area contributed by atoms with Gasteiger partial charge < -0.3 is 5.73 Å². The number of hydrogen-bond acceptors (Lipinski definition) is 3. The van der Waals surface area contributed by atoms with Gasteiger partial charge in [0.1, 0.15) is 11.5 Å². The van der Waals surface area contributed by atoms with E-state index in [1.165, 1.54) is 12.8 Å². The maximum absolute atomic E-state index is 7.15. The largest absolute Gasteiger partial charge is 0.382 e. The standard InChI is InChI=1S/C9H12N4.ClH/c1-9(2-3-9)7-5-12-6(4-13-7)8(10)11;/h4-5H,2-3H2,1H3,(H3,10,11);1H. The number of amidine groups is 1. The highest BCUT2D eigenvalue weighted by Crippen LogP contribution is 2.46. The van der Waals surface area contributed by atoms with Crippen LogP contribution in [0, 0.1) is 5.41 Å². The fourth-order valence-corrected chi connectivity index (χ4v) is 1.22. The van der Waals surface area contributed by atoms with Gasteiger partial charge in [0.15, 0.2) is 0 Å². The van der Waals surface area contributed by atoms with Crippen molar-refractivity contribution < 1.29 is 0 Å². The average molecular weight is 213 g/mol. The van der Waals surface area contributed by atoms with Crippen molar-refractivity contribution >= 4 is 18.2 Å². The number of rotatable bonds is 2. The molecular formula is C9H13ClN4. The minimum Gasteiger partial charge on any atom is -0.382 e. The van der Waals surface area contributed by atoms with Crippen molar-refractivity contribution in [3.63, 3.8) is 0 Å². The zero-order valence-corrected chi connectivity index (χ0v) is 8.77. The molecule has 0 aliphatic heterocycles. The Morgan fingerprint density at radius 3 is 2.43 bits per heavy atom. The van der Waals surface area contributed by atoms with Gasteiger partial charge >= 0.3 is 0 Å². The van der Waals surface area contributed by atoms with E-state index in [0.717, 1.165) is 5.69 Å². The molecule has 0 aromatic carbocycles. The third-order valence-corrected chi connectivity index (χ3v) is 2.55. The summed E-state index contributed by atoms with van der Waals surface area (Å²) in [6.07, 6.45) is 5.66. The van der Waals surface area contributed by atoms with Gasteiger partial charge in [0, 0.05) is 11.6 Å². The van der Waals surface area contributed by atoms with Gasteiger partial charge in [-0.2, -0.15) is 0 Å². The molecule has 0 unspecified atom stereocenters. The first-order valence-corrected chi connectivity index (χ1v) is 4.29. The van der Waals surface area contributed by atoms with Crippen molar-refractivity contribution in [3.05, 3.63) is 23.8 Å². The normalized spacial score (nSPS) is 16.9. The highest BCUT2D eigenvalue weighted by Gasteiger charge is 2.40. The van der Waals surface area contributed by atoms with Crippen molar-refractivity contribution in [1.82, 2.24) is 9.97 Å². The second kappa shape index (κ2) is 3.53. The van der Waals surface area contributed by atoms with E-state index in [1.54, 1.807) is 12.4 Å². The van der Waals surface area contributed by atoms with Gasteiger partial charge in [0.25, 0.3) is 0 Å². The van der Waals surface area contributed by atoms with E-state index in [4.69, 9.17) is 11.1 Å². The maximum atomic E-state index is 7.15. The van der Waals surface area contributed by atoms with Gasteiger partial charge in [-0.3, -0.25) is 10.4 Å². The monoisotopic (exact) mass is 212 g/mol. The minimum absolute atomic E-state index is 0. The molecule has 1 aliphatic carbocycles. The van der Waals surface area contributed by atoms with Crippen LogP contribution < -0.4 is 5.73 Å². The maximum Gasteiger partial charge on any atom is 0.143 e. The number of nitrogen functional groups attached to an aromatic ring is 1. The highest BCUT2D eigenvalue weighted by atomic mass is 35.5. The van der Waals surface area contributed by atoms with Crippen LogP contribution in [-0.2, 0) is 5.41 Å². The molecule has 76 valence electrons. The number of nitrogens with zero attached hydrogens (tertiary/aromatic N) is 2. The summed E-state index contributed by atoms with van der Waals surface area (Å²) in [5, 5.41) is 7.15. The highest BCUT2D eigenvalue weighted by molar-refractivity contribution is 5.92. The lowest BCUT2D eigenvalue weighted by molar-refractivity contribution is 0.741. The molecule has 3 N–H and O–H groups in total. The summed E-state index contributed by atoms with van der Waals surface area (Å²) in [4.78, 5) is 8.32. The van der Waals surface area contributed by atoms with Gasteiger partial charge in [0.05, 0.1) is 11.9 Å². The summed E-state index contributed by atoms with van der Waals surface area (Å²) in [5.41, 5.74) is 6.97. The lowest BCUT2D eigenvalue weighted by Crippen LogP contribution is -2.15. The molecule has 1 fully saturated rings. The topological polar surface area (TPSA) is 75.7 Å². The van der Waals surface area contributed by atoms with Crippen LogP contribution in [0.2, 0.25) is 0 Å². The molecule has 0 radical (unpaired) electrons. The second-order valence-corrected chi connectivity index (χ2v) is 3.76. The molecule has 1 aliphatic rings. The molecule has 5 heteroatoms. The van der Waals surface area contributed by atoms with Crippen LogP contribution in [0.5, 0.6) is 0 Å². The van der Waals surface area contributed by atoms with Crippen LogP contribution in [0.4, 0.5) is 0 Å². The van der Waals surface area contributed by atoms with Gasteiger partial charge in [-0.05, 0) is 12.8 Å². The smallest absolute Gasteiger partial charge is 0.143 e. The van der Waals surface area contributed by atoms with Crippen LogP contribution in [0.3, 0.4) is 0 Å². The predicted octanol–water partition coefficient (Wildman–Crippen LogP) is 1.23. The molecule has 4 nitrogen and oxygen atoms in total. The first-order valence-electron chi connectivity index (χ1n) is 4.29. The Labute approximate surface area is 88.9 Å². The first-order chi connectivity index (χ1) is 6.12. The van der Waals surface area contributed by atoms with E-state index in [1.807, 2.05) is 0 Å². The average Bonchev–Trinajstić information content (AvgIpc) is 2.85. The van der Waals surface area contributed by atoms with Crippen LogP contribution in [0.25, 0.3) is 0 Å². The summed E-state index contributed by atoms with van der Waals surface area (Å²) in [7, 11) is 0. The van der Waals surface area contributed by atoms with Crippen LogP contribution in [0.15, 0.2) is 12.4 Å². The molecule has 1 saturated carbocycles. The van der Waals surface area contributed by atoms with E-state index >= 15 is 0 Å². The van der Waals surface area contributed by atoms with E-state index in [9.17, 15) is 0 Å². The molecule has 0 spiro atoms. The molecule has 0 atom stereocenters. The molecule has 1 aromatic rings. The third-order valence-electron chi connectivity index (χ3n) is 2.55. The fraction of sp³-hybridized carbons (Fsp3) is 0.444. The van der Waals surface area contributed by atoms with E-state index < -0.39 is 0 Å². The van der Waals surface area contributed by atoms with Crippen molar-refractivity contribution in [2.45, 2.75) is 25.2 Å². The third kappa shape index (κ3) is 1.85. The van der Waals surface area contributed by atoms with Crippen molar-refractivity contribution in [2.24, 2.45) is 5.73 Å². The quantitative estimate of drug-likeness (QED) is 0.572. The van der Waals surface area contributed by atoms with Crippen molar-refractivity contribution in [1.29, 1.82) is 5.41 Å². The number of nitrogens with two attached hydrogens (primary N) is 1. The number of nitrogens with one attached hydrogen (secondary N) is 1. The Kier molecular flexibility index (Phi) is 2.76. The van der Waals surface area contributed by atoms with Crippen molar-refractivity contribution in [2.75, 3.05) is 0 Å². The van der Waals surface area contributed by atoms with Crippen LogP contribution in [0.1, 0.15) is 31.2 Å². The molecule has 1 heterocycles. The summed E-state index contributed by atoms with van der Waals surface area (Å²) >= 11 is 0. The molecular weight excluding hydrogens is 200 g/mol. The summed E-state index contributed by atoms with van der Waals surface area (Å²) in [5.74, 6) is -0.0278. The van der Waals surface area contributed by atoms with Gasteiger partial charge in [-0.1, -0.05) is 6.92 Å². The zero-order valence-electron chi connectivity index (χ0n) is 7.95. The Morgan fingerprint density at radius 2 is 2.07 bits per heavy atom. The summed E-state index contributed by atoms with van der Waals surface area (Å²) < 4.78 is 0. The van der Waals surface area contributed by atoms with Gasteiger partial charge in [0.2, 0.25) is 0 Å². The van der Waals surface area contributed by atoms with E-state index in [-0.39, 0.29) is 23.7 Å². The zero-order chi connectivity index (χ0) is 9.47. The van der Waals surface area contributed by atoms with E-state index in [0.29, 0.717) is 5.69 Å². The van der Waals surface area contributed by atoms with Gasteiger partial charge in [-0.25, -0.2) is 4.98 Å². The number of halogens is 1. The fourth-order valence-electron chi connectivity index (χ4n) is 1.22. The molecule has 14 heavy (non-hydrogen) atoms.